The molecule has 1 unspecified atom stereocenters. The van der Waals surface area contributed by atoms with Gasteiger partial charge in [0, 0.05) is 24.7 Å². The third-order valence-electron chi connectivity index (χ3n) is 3.92. The third kappa shape index (κ3) is 3.10. The van der Waals surface area contributed by atoms with Crippen molar-refractivity contribution < 1.29 is 14.5 Å². The summed E-state index contributed by atoms with van der Waals surface area (Å²) >= 11 is 0. The minimum Gasteiger partial charge on any atom is -0.320 e. The van der Waals surface area contributed by atoms with Crippen molar-refractivity contribution in [1.82, 2.24) is 0 Å². The maximum atomic E-state index is 12.4. The van der Waals surface area contributed by atoms with Crippen molar-refractivity contribution in [3.05, 3.63) is 64.7 Å². The molecule has 1 heterocycles. The molecule has 1 N–H and O–H groups in total. The fourth-order valence-corrected chi connectivity index (χ4v) is 2.71. The lowest BCUT2D eigenvalue weighted by atomic mass is 10.1. The van der Waals surface area contributed by atoms with Crippen LogP contribution in [-0.2, 0) is 9.59 Å². The zero-order chi connectivity index (χ0) is 17.1. The van der Waals surface area contributed by atoms with Gasteiger partial charge < -0.3 is 10.2 Å². The third-order valence-corrected chi connectivity index (χ3v) is 3.92. The number of anilines is 2. The first-order valence-corrected chi connectivity index (χ1v) is 7.46. The quantitative estimate of drug-likeness (QED) is 0.690. The van der Waals surface area contributed by atoms with Gasteiger partial charge in [-0.3, -0.25) is 19.7 Å². The number of benzene rings is 2. The predicted molar refractivity (Wildman–Crippen MR) is 88.6 cm³/mol. The summed E-state index contributed by atoms with van der Waals surface area (Å²) in [7, 11) is 0. The molecule has 0 aliphatic carbocycles. The highest BCUT2D eigenvalue weighted by Gasteiger charge is 2.35. The predicted octanol–water partition coefficient (Wildman–Crippen LogP) is 2.59. The number of nitro benzene ring substituents is 1. The van der Waals surface area contributed by atoms with Crippen molar-refractivity contribution in [3.63, 3.8) is 0 Å². The smallest absolute Gasteiger partial charge is 0.292 e. The van der Waals surface area contributed by atoms with Gasteiger partial charge in [-0.25, -0.2) is 0 Å². The minimum absolute atomic E-state index is 0.0847. The molecular weight excluding hydrogens is 310 g/mol. The average molecular weight is 325 g/mol. The molecule has 1 saturated heterocycles. The number of nitro groups is 1. The van der Waals surface area contributed by atoms with E-state index < -0.39 is 16.7 Å². The van der Waals surface area contributed by atoms with Gasteiger partial charge >= 0.3 is 0 Å². The highest BCUT2D eigenvalue weighted by molar-refractivity contribution is 6.04. The molecule has 2 aromatic rings. The topological polar surface area (TPSA) is 92.5 Å². The Morgan fingerprint density at radius 1 is 1.12 bits per heavy atom. The van der Waals surface area contributed by atoms with Crippen LogP contribution in [0.1, 0.15) is 6.42 Å². The summed E-state index contributed by atoms with van der Waals surface area (Å²) in [5.74, 6) is -1.07. The van der Waals surface area contributed by atoms with Crippen molar-refractivity contribution in [2.75, 3.05) is 16.8 Å². The fourth-order valence-electron chi connectivity index (χ4n) is 2.71. The van der Waals surface area contributed by atoms with Crippen molar-refractivity contribution >= 4 is 28.9 Å². The van der Waals surface area contributed by atoms with Crippen LogP contribution in [0, 0.1) is 16.0 Å². The summed E-state index contributed by atoms with van der Waals surface area (Å²) in [6, 6.07) is 15.0. The summed E-state index contributed by atoms with van der Waals surface area (Å²) in [6.45, 7) is 0.259. The maximum absolute atomic E-state index is 12.4. The molecule has 7 nitrogen and oxygen atoms in total. The molecule has 7 heteroatoms. The van der Waals surface area contributed by atoms with Crippen LogP contribution in [0.25, 0.3) is 0 Å². The van der Waals surface area contributed by atoms with E-state index in [1.165, 1.54) is 18.2 Å². The van der Waals surface area contributed by atoms with Gasteiger partial charge in [0.1, 0.15) is 5.69 Å². The van der Waals surface area contributed by atoms with Gasteiger partial charge in [0.05, 0.1) is 10.8 Å². The molecule has 0 spiro atoms. The Balaban J connectivity index is 1.73. The zero-order valence-corrected chi connectivity index (χ0v) is 12.7. The summed E-state index contributed by atoms with van der Waals surface area (Å²) in [4.78, 5) is 36.6. The molecule has 122 valence electrons. The van der Waals surface area contributed by atoms with Crippen molar-refractivity contribution in [1.29, 1.82) is 0 Å². The number of nitrogens with zero attached hydrogens (tertiary/aromatic N) is 2. The molecule has 2 amide bonds. The van der Waals surface area contributed by atoms with Gasteiger partial charge in [-0.1, -0.05) is 30.3 Å². The van der Waals surface area contributed by atoms with Crippen molar-refractivity contribution in [2.45, 2.75) is 6.42 Å². The second-order valence-corrected chi connectivity index (χ2v) is 5.50. The Bertz CT molecular complexity index is 791. The summed E-state index contributed by atoms with van der Waals surface area (Å²) < 4.78 is 0. The number of hydrogen-bond acceptors (Lipinski definition) is 4. The Morgan fingerprint density at radius 2 is 1.79 bits per heavy atom. The standard InChI is InChI=1S/C17H15N3O4/c21-16-10-12(11-19(16)13-6-2-1-3-7-13)17(22)18-14-8-4-5-9-15(14)20(23)24/h1-9,12H,10-11H2,(H,18,22). The number of para-hydroxylation sites is 3. The van der Waals surface area contributed by atoms with E-state index in [0.717, 1.165) is 5.69 Å². The van der Waals surface area contributed by atoms with Crippen LogP contribution >= 0.6 is 0 Å². The molecule has 0 bridgehead atoms. The van der Waals surface area contributed by atoms with Crippen LogP contribution in [0.4, 0.5) is 17.1 Å². The lowest BCUT2D eigenvalue weighted by Gasteiger charge is -2.16. The monoisotopic (exact) mass is 325 g/mol. The molecule has 3 rings (SSSR count). The van der Waals surface area contributed by atoms with E-state index in [0.29, 0.717) is 0 Å². The fraction of sp³-hybridized carbons (Fsp3) is 0.176. The van der Waals surface area contributed by atoms with Gasteiger partial charge in [-0.2, -0.15) is 0 Å². The van der Waals surface area contributed by atoms with E-state index in [4.69, 9.17) is 0 Å². The first-order chi connectivity index (χ1) is 11.6. The first-order valence-electron chi connectivity index (χ1n) is 7.46. The largest absolute Gasteiger partial charge is 0.320 e. The number of rotatable bonds is 4. The Hall–Kier alpha value is -3.22. The van der Waals surface area contributed by atoms with Crippen molar-refractivity contribution in [2.24, 2.45) is 5.92 Å². The van der Waals surface area contributed by atoms with Crippen LogP contribution in [0.5, 0.6) is 0 Å². The van der Waals surface area contributed by atoms with Crippen LogP contribution in [0.15, 0.2) is 54.6 Å². The van der Waals surface area contributed by atoms with Crippen LogP contribution < -0.4 is 10.2 Å². The number of carbonyl (C=O) groups is 2. The highest BCUT2D eigenvalue weighted by atomic mass is 16.6. The van der Waals surface area contributed by atoms with Gasteiger partial charge in [0.2, 0.25) is 11.8 Å². The molecule has 0 saturated carbocycles. The van der Waals surface area contributed by atoms with E-state index >= 15 is 0 Å². The van der Waals surface area contributed by atoms with E-state index in [1.807, 2.05) is 18.2 Å². The SMILES string of the molecule is O=C(Nc1ccccc1[N+](=O)[O-])C1CC(=O)N(c2ccccc2)C1. The zero-order valence-electron chi connectivity index (χ0n) is 12.7. The number of carbonyl (C=O) groups excluding carboxylic acids is 2. The highest BCUT2D eigenvalue weighted by Crippen LogP contribution is 2.28. The Morgan fingerprint density at radius 3 is 2.50 bits per heavy atom. The van der Waals surface area contributed by atoms with Gasteiger partial charge in [0.25, 0.3) is 5.69 Å². The molecule has 1 atom stereocenters. The second-order valence-electron chi connectivity index (χ2n) is 5.50. The minimum atomic E-state index is -0.550. The summed E-state index contributed by atoms with van der Waals surface area (Å²) in [6.07, 6.45) is 0.0847. The summed E-state index contributed by atoms with van der Waals surface area (Å²) in [5, 5.41) is 13.6. The number of hydrogen-bond donors (Lipinski definition) is 1. The molecule has 1 aliphatic rings. The Labute approximate surface area is 138 Å². The lowest BCUT2D eigenvalue weighted by Crippen LogP contribution is -2.28. The summed E-state index contributed by atoms with van der Waals surface area (Å²) in [5.41, 5.74) is 0.705. The van der Waals surface area contributed by atoms with Gasteiger partial charge in [0.15, 0.2) is 0 Å². The van der Waals surface area contributed by atoms with E-state index in [-0.39, 0.29) is 30.2 Å². The molecular formula is C17H15N3O4. The molecule has 1 aliphatic heterocycles. The van der Waals surface area contributed by atoms with Crippen molar-refractivity contribution in [3.8, 4) is 0 Å². The lowest BCUT2D eigenvalue weighted by molar-refractivity contribution is -0.383. The first kappa shape index (κ1) is 15.7. The maximum Gasteiger partial charge on any atom is 0.292 e. The van der Waals surface area contributed by atoms with Gasteiger partial charge in [-0.05, 0) is 18.2 Å². The molecule has 24 heavy (non-hydrogen) atoms. The van der Waals surface area contributed by atoms with E-state index in [9.17, 15) is 19.7 Å². The normalized spacial score (nSPS) is 16.9. The van der Waals surface area contributed by atoms with Crippen LogP contribution in [0.2, 0.25) is 0 Å². The molecule has 0 radical (unpaired) electrons. The number of amides is 2. The van der Waals surface area contributed by atoms with Crippen LogP contribution in [0.3, 0.4) is 0 Å². The van der Waals surface area contributed by atoms with Crippen LogP contribution in [-0.4, -0.2) is 23.3 Å². The van der Waals surface area contributed by atoms with E-state index in [1.54, 1.807) is 23.1 Å². The molecule has 1 fully saturated rings. The number of nitrogens with one attached hydrogen (secondary N) is 1. The Kier molecular flexibility index (Phi) is 4.24. The van der Waals surface area contributed by atoms with Gasteiger partial charge in [-0.15, -0.1) is 0 Å². The van der Waals surface area contributed by atoms with E-state index in [2.05, 4.69) is 5.32 Å². The average Bonchev–Trinajstić information content (AvgIpc) is 2.98. The molecule has 2 aromatic carbocycles. The second kappa shape index (κ2) is 6.49. The molecule has 0 aromatic heterocycles.